The zero-order valence-corrected chi connectivity index (χ0v) is 11.1. The van der Waals surface area contributed by atoms with Crippen molar-refractivity contribution >= 4 is 23.9 Å². The lowest BCUT2D eigenvalue weighted by molar-refractivity contribution is -0.0145. The van der Waals surface area contributed by atoms with Crippen LogP contribution >= 0.6 is 12.4 Å². The summed E-state index contributed by atoms with van der Waals surface area (Å²) in [5, 5.41) is 0. The first-order valence-electron chi connectivity index (χ1n) is 5.21. The van der Waals surface area contributed by atoms with Crippen molar-refractivity contribution in [1.29, 1.82) is 0 Å². The molecule has 0 unspecified atom stereocenters. The van der Waals surface area contributed by atoms with Crippen molar-refractivity contribution in [2.45, 2.75) is 12.0 Å². The fourth-order valence-electron chi connectivity index (χ4n) is 1.87. The van der Waals surface area contributed by atoms with Crippen LogP contribution in [-0.2, 0) is 10.3 Å². The maximum Gasteiger partial charge on any atom is 0.269 e. The molecule has 0 saturated carbocycles. The summed E-state index contributed by atoms with van der Waals surface area (Å²) in [4.78, 5) is 3.71. The Bertz CT molecular complexity index is 502. The van der Waals surface area contributed by atoms with Gasteiger partial charge in [0.1, 0.15) is 18.3 Å². The summed E-state index contributed by atoms with van der Waals surface area (Å²) in [7, 11) is 0. The van der Waals surface area contributed by atoms with Gasteiger partial charge in [-0.2, -0.15) is 0 Å². The average Bonchev–Trinajstić information content (AvgIpc) is 2.32. The van der Waals surface area contributed by atoms with E-state index in [1.54, 1.807) is 0 Å². The molecule has 20 heavy (non-hydrogen) atoms. The van der Waals surface area contributed by atoms with Crippen LogP contribution in [0.2, 0.25) is 0 Å². The van der Waals surface area contributed by atoms with Crippen molar-refractivity contribution in [3.8, 4) is 0 Å². The summed E-state index contributed by atoms with van der Waals surface area (Å²) in [6.07, 6.45) is -2.95. The molecule has 0 fully saturated rings. The predicted molar refractivity (Wildman–Crippen MR) is 71.8 cm³/mol. The van der Waals surface area contributed by atoms with Crippen LogP contribution in [0.5, 0.6) is 0 Å². The van der Waals surface area contributed by atoms with Gasteiger partial charge in [0.15, 0.2) is 5.54 Å². The lowest BCUT2D eigenvalue weighted by Gasteiger charge is -2.33. The van der Waals surface area contributed by atoms with Gasteiger partial charge in [-0.05, 0) is 18.2 Å². The molecule has 1 aliphatic rings. The molecule has 0 radical (unpaired) electrons. The molecule has 0 saturated heterocycles. The summed E-state index contributed by atoms with van der Waals surface area (Å²) >= 11 is 0. The second-order valence-electron chi connectivity index (χ2n) is 4.06. The highest BCUT2D eigenvalue weighted by Crippen LogP contribution is 2.37. The van der Waals surface area contributed by atoms with Gasteiger partial charge in [-0.1, -0.05) is 0 Å². The van der Waals surface area contributed by atoms with E-state index in [4.69, 9.17) is 16.2 Å². The van der Waals surface area contributed by atoms with Crippen LogP contribution in [0.1, 0.15) is 5.56 Å². The highest BCUT2D eigenvalue weighted by Gasteiger charge is 2.46. The smallest absolute Gasteiger partial charge is 0.269 e. The molecule has 0 aliphatic carbocycles. The van der Waals surface area contributed by atoms with Gasteiger partial charge < -0.3 is 21.7 Å². The lowest BCUT2D eigenvalue weighted by Crippen LogP contribution is -2.45. The molecular weight excluding hydrogens is 299 g/mol. The number of ether oxygens (including phenoxy) is 1. The van der Waals surface area contributed by atoms with Gasteiger partial charge in [-0.3, -0.25) is 4.99 Å². The number of rotatable bonds is 2. The Hall–Kier alpha value is -1.51. The molecule has 6 N–H and O–H groups in total. The minimum atomic E-state index is -2.95. The van der Waals surface area contributed by atoms with Crippen LogP contribution < -0.4 is 11.5 Å². The predicted octanol–water partition coefficient (Wildman–Crippen LogP) is 0.853. The van der Waals surface area contributed by atoms with Gasteiger partial charge in [0, 0.05) is 11.3 Å². The maximum atomic E-state index is 13.7. The summed E-state index contributed by atoms with van der Waals surface area (Å²) in [6.45, 7) is -0.482. The van der Waals surface area contributed by atoms with Crippen molar-refractivity contribution in [3.05, 3.63) is 29.6 Å². The van der Waals surface area contributed by atoms with E-state index in [1.807, 2.05) is 0 Å². The second kappa shape index (κ2) is 6.78. The molecule has 1 heterocycles. The molecule has 0 amide bonds. The summed E-state index contributed by atoms with van der Waals surface area (Å²) < 4.78 is 45.3. The highest BCUT2D eigenvalue weighted by atomic mass is 35.5. The Balaban J connectivity index is 0.00000180. The summed E-state index contributed by atoms with van der Waals surface area (Å²) in [5.41, 5.74) is 8.65. The second-order valence-corrected chi connectivity index (χ2v) is 4.06. The number of anilines is 1. The first kappa shape index (κ1) is 18.5. The first-order chi connectivity index (χ1) is 8.45. The quantitative estimate of drug-likeness (QED) is 0.791. The maximum absolute atomic E-state index is 13.7. The highest BCUT2D eigenvalue weighted by molar-refractivity contribution is 5.85. The monoisotopic (exact) mass is 313 g/mol. The third-order valence-electron chi connectivity index (χ3n) is 2.73. The molecule has 9 heteroatoms. The Morgan fingerprint density at radius 2 is 1.95 bits per heavy atom. The molecule has 0 bridgehead atoms. The van der Waals surface area contributed by atoms with Gasteiger partial charge in [-0.15, -0.1) is 12.4 Å². The molecule has 0 spiro atoms. The summed E-state index contributed by atoms with van der Waals surface area (Å²) in [5.74, 6) is -0.907. The molecular formula is C11H15ClF3N3O2. The minimum Gasteiger partial charge on any atom is -0.412 e. The minimum absolute atomic E-state index is 0. The number of nitrogens with two attached hydrogens (primary N) is 2. The van der Waals surface area contributed by atoms with E-state index in [1.165, 1.54) is 6.07 Å². The van der Waals surface area contributed by atoms with Gasteiger partial charge in [0.25, 0.3) is 6.43 Å². The molecule has 2 rings (SSSR count). The van der Waals surface area contributed by atoms with E-state index in [2.05, 4.69) is 4.99 Å². The van der Waals surface area contributed by atoms with Crippen LogP contribution in [0, 0.1) is 5.82 Å². The number of alkyl halides is 2. The topological polar surface area (TPSA) is 105 Å². The molecule has 0 aromatic heterocycles. The van der Waals surface area contributed by atoms with E-state index in [0.29, 0.717) is 0 Å². The number of nitrogens with zero attached hydrogens (tertiary/aromatic N) is 1. The Labute approximate surface area is 119 Å². The van der Waals surface area contributed by atoms with Crippen LogP contribution in [-0.4, -0.2) is 31.0 Å². The summed E-state index contributed by atoms with van der Waals surface area (Å²) in [6, 6.07) is 3.44. The normalized spacial score (nSPS) is 21.7. The SMILES string of the molecule is Cl.NC1=N[C@@](c2cc(N)ccc2F)(C(F)F)COC1.O. The van der Waals surface area contributed by atoms with Gasteiger partial charge in [0.05, 0.1) is 6.61 Å². The van der Waals surface area contributed by atoms with Crippen molar-refractivity contribution in [2.75, 3.05) is 18.9 Å². The lowest BCUT2D eigenvalue weighted by atomic mass is 9.90. The molecule has 114 valence electrons. The number of halogens is 4. The number of nitrogen functional groups attached to an aromatic ring is 1. The Morgan fingerprint density at radius 3 is 2.50 bits per heavy atom. The molecule has 1 aromatic carbocycles. The van der Waals surface area contributed by atoms with Crippen molar-refractivity contribution in [3.63, 3.8) is 0 Å². The van der Waals surface area contributed by atoms with Gasteiger partial charge in [0.2, 0.25) is 0 Å². The van der Waals surface area contributed by atoms with Crippen LogP contribution in [0.25, 0.3) is 0 Å². The number of amidine groups is 1. The molecule has 1 atom stereocenters. The molecule has 1 aliphatic heterocycles. The van der Waals surface area contributed by atoms with Crippen molar-refractivity contribution < 1.29 is 23.4 Å². The third-order valence-corrected chi connectivity index (χ3v) is 2.73. The van der Waals surface area contributed by atoms with Crippen LogP contribution in [0.15, 0.2) is 23.2 Å². The first-order valence-corrected chi connectivity index (χ1v) is 5.21. The van der Waals surface area contributed by atoms with Crippen molar-refractivity contribution in [1.82, 2.24) is 0 Å². The zero-order chi connectivity index (χ0) is 13.3. The van der Waals surface area contributed by atoms with Crippen molar-refractivity contribution in [2.24, 2.45) is 10.7 Å². The third kappa shape index (κ3) is 3.14. The van der Waals surface area contributed by atoms with E-state index in [9.17, 15) is 13.2 Å². The molecule has 5 nitrogen and oxygen atoms in total. The Kier molecular flexibility index (Phi) is 6.27. The number of aliphatic imine (C=N–C) groups is 1. The van der Waals surface area contributed by atoms with Crippen LogP contribution in [0.3, 0.4) is 0 Å². The van der Waals surface area contributed by atoms with E-state index in [0.717, 1.165) is 12.1 Å². The van der Waals surface area contributed by atoms with E-state index in [-0.39, 0.29) is 41.6 Å². The fraction of sp³-hybridized carbons (Fsp3) is 0.364. The Morgan fingerprint density at radius 1 is 1.30 bits per heavy atom. The average molecular weight is 314 g/mol. The number of benzene rings is 1. The van der Waals surface area contributed by atoms with Gasteiger partial charge >= 0.3 is 0 Å². The largest absolute Gasteiger partial charge is 0.412 e. The fourth-order valence-corrected chi connectivity index (χ4v) is 1.87. The van der Waals surface area contributed by atoms with Gasteiger partial charge in [-0.25, -0.2) is 13.2 Å². The van der Waals surface area contributed by atoms with E-state index >= 15 is 0 Å². The van der Waals surface area contributed by atoms with Crippen LogP contribution in [0.4, 0.5) is 18.9 Å². The number of hydrogen-bond donors (Lipinski definition) is 2. The number of hydrogen-bond acceptors (Lipinski definition) is 4. The standard InChI is InChI=1S/C11H12F3N3O.ClH.H2O/c12-8-2-1-6(15)3-7(8)11(10(13)14)5-18-4-9(16)17-11;;/h1-3,10H,4-5,15H2,(H2,16,17);1H;1H2/t11-;;/m0../s1. The zero-order valence-electron chi connectivity index (χ0n) is 10.3. The van der Waals surface area contributed by atoms with E-state index < -0.39 is 24.4 Å². The molecule has 1 aromatic rings.